The SMILES string of the molecule is CC1=CC(=O)C2=C(CC3C(=CCC4C(=O)N(CCCCCC(=O)O)C(=O)C43)C2c2ccc(O)cc2Cl)C1=O. The van der Waals surface area contributed by atoms with Gasteiger partial charge in [0.25, 0.3) is 0 Å². The van der Waals surface area contributed by atoms with Gasteiger partial charge in [-0.3, -0.25) is 28.9 Å². The quantitative estimate of drug-likeness (QED) is 0.231. The lowest BCUT2D eigenvalue weighted by molar-refractivity contribution is -0.141. The van der Waals surface area contributed by atoms with Crippen molar-refractivity contribution in [3.05, 3.63) is 63.2 Å². The molecule has 1 saturated heterocycles. The van der Waals surface area contributed by atoms with E-state index < -0.39 is 29.6 Å². The molecule has 4 unspecified atom stereocenters. The van der Waals surface area contributed by atoms with Crippen LogP contribution < -0.4 is 0 Å². The Bertz CT molecular complexity index is 1370. The summed E-state index contributed by atoms with van der Waals surface area (Å²) in [6, 6.07) is 4.50. The van der Waals surface area contributed by atoms with Crippen LogP contribution in [0.2, 0.25) is 5.02 Å². The molecule has 4 aliphatic rings. The molecular weight excluding hydrogens is 510 g/mol. The molecule has 4 atom stereocenters. The number of carboxylic acid groups (broad SMARTS) is 1. The zero-order valence-electron chi connectivity index (χ0n) is 20.9. The van der Waals surface area contributed by atoms with Gasteiger partial charge in [-0.1, -0.05) is 35.7 Å². The third kappa shape index (κ3) is 4.30. The van der Waals surface area contributed by atoms with Crippen molar-refractivity contribution in [2.75, 3.05) is 6.54 Å². The Hall–Kier alpha value is -3.52. The van der Waals surface area contributed by atoms with Gasteiger partial charge in [0, 0.05) is 40.6 Å². The zero-order chi connectivity index (χ0) is 27.3. The van der Waals surface area contributed by atoms with Gasteiger partial charge in [0.15, 0.2) is 11.6 Å². The van der Waals surface area contributed by atoms with Crippen LogP contribution in [0.4, 0.5) is 0 Å². The highest BCUT2D eigenvalue weighted by atomic mass is 35.5. The van der Waals surface area contributed by atoms with Crippen molar-refractivity contribution in [1.82, 2.24) is 4.90 Å². The molecule has 1 aromatic carbocycles. The molecule has 0 spiro atoms. The average Bonchev–Trinajstić information content (AvgIpc) is 3.11. The predicted molar refractivity (Wildman–Crippen MR) is 137 cm³/mol. The maximum absolute atomic E-state index is 13.6. The standard InChI is InChI=1S/C29H28ClNO7/c1-14-11-22(33)26-20(27(14)36)13-19-16(24(26)17-7-6-15(32)12-21(17)30)8-9-18-25(19)29(38)31(28(18)37)10-4-2-3-5-23(34)35/h6-8,11-12,18-19,24-25,32H,2-5,9-10,13H2,1H3,(H,34,35). The Morgan fingerprint density at radius 2 is 1.84 bits per heavy atom. The second-order valence-electron chi connectivity index (χ2n) is 10.5. The third-order valence-corrected chi connectivity index (χ3v) is 8.55. The number of carbonyl (C=O) groups excluding carboxylic acids is 4. The van der Waals surface area contributed by atoms with E-state index >= 15 is 0 Å². The van der Waals surface area contributed by atoms with Gasteiger partial charge in [0.2, 0.25) is 11.8 Å². The first-order valence-electron chi connectivity index (χ1n) is 12.9. The lowest BCUT2D eigenvalue weighted by Crippen LogP contribution is -2.40. The molecule has 3 aliphatic carbocycles. The molecule has 5 rings (SSSR count). The number of halogens is 1. The second-order valence-corrected chi connectivity index (χ2v) is 10.9. The van der Waals surface area contributed by atoms with E-state index in [9.17, 15) is 29.1 Å². The molecule has 198 valence electrons. The molecule has 0 bridgehead atoms. The molecule has 8 nitrogen and oxygen atoms in total. The molecule has 0 aromatic heterocycles. The average molecular weight is 538 g/mol. The van der Waals surface area contributed by atoms with Gasteiger partial charge >= 0.3 is 5.97 Å². The molecule has 2 N–H and O–H groups in total. The van der Waals surface area contributed by atoms with E-state index in [0.717, 1.165) is 5.57 Å². The van der Waals surface area contributed by atoms with Crippen molar-refractivity contribution in [3.63, 3.8) is 0 Å². The molecule has 9 heteroatoms. The van der Waals surface area contributed by atoms with Gasteiger partial charge in [-0.25, -0.2) is 0 Å². The zero-order valence-corrected chi connectivity index (χ0v) is 21.7. The van der Waals surface area contributed by atoms with E-state index in [4.69, 9.17) is 16.7 Å². The van der Waals surface area contributed by atoms with Crippen LogP contribution in [0.15, 0.2) is 52.6 Å². The van der Waals surface area contributed by atoms with Crippen LogP contribution in [0.1, 0.15) is 56.9 Å². The number of phenolic OH excluding ortho intramolecular Hbond substituents is 1. The van der Waals surface area contributed by atoms with Crippen molar-refractivity contribution in [2.45, 2.75) is 51.4 Å². The number of amides is 2. The fraction of sp³-hybridized carbons (Fsp3) is 0.414. The molecule has 0 radical (unpaired) electrons. The summed E-state index contributed by atoms with van der Waals surface area (Å²) in [4.78, 5) is 65.5. The van der Waals surface area contributed by atoms with Gasteiger partial charge in [-0.05, 0) is 62.3 Å². The number of allylic oxidation sites excluding steroid dienone is 6. The number of rotatable bonds is 7. The molecule has 1 fully saturated rings. The first-order valence-corrected chi connectivity index (χ1v) is 13.2. The number of Topliss-reactive ketones (excluding diaryl/α,β-unsaturated/α-hetero) is 1. The molecule has 1 aromatic rings. The number of carbonyl (C=O) groups is 5. The molecule has 1 aliphatic heterocycles. The van der Waals surface area contributed by atoms with E-state index in [2.05, 4.69) is 0 Å². The molecular formula is C29H28ClNO7. The normalized spacial score (nSPS) is 26.6. The minimum Gasteiger partial charge on any atom is -0.508 e. The number of ketones is 2. The number of carboxylic acids is 1. The summed E-state index contributed by atoms with van der Waals surface area (Å²) in [5.74, 6) is -4.25. The van der Waals surface area contributed by atoms with E-state index in [-0.39, 0.29) is 53.5 Å². The highest BCUT2D eigenvalue weighted by molar-refractivity contribution is 6.32. The highest BCUT2D eigenvalue weighted by Gasteiger charge is 2.56. The van der Waals surface area contributed by atoms with Crippen LogP contribution in [-0.2, 0) is 24.0 Å². The topological polar surface area (TPSA) is 129 Å². The summed E-state index contributed by atoms with van der Waals surface area (Å²) in [5.41, 5.74) is 2.41. The van der Waals surface area contributed by atoms with Crippen molar-refractivity contribution in [3.8, 4) is 5.75 Å². The van der Waals surface area contributed by atoms with Crippen LogP contribution in [0.25, 0.3) is 0 Å². The molecule has 1 heterocycles. The van der Waals surface area contributed by atoms with Gasteiger partial charge in [-0.15, -0.1) is 0 Å². The van der Waals surface area contributed by atoms with Gasteiger partial charge in [0.05, 0.1) is 11.8 Å². The summed E-state index contributed by atoms with van der Waals surface area (Å²) in [6.45, 7) is 1.82. The summed E-state index contributed by atoms with van der Waals surface area (Å²) < 4.78 is 0. The summed E-state index contributed by atoms with van der Waals surface area (Å²) >= 11 is 6.54. The van der Waals surface area contributed by atoms with Crippen molar-refractivity contribution in [1.29, 1.82) is 0 Å². The Balaban J connectivity index is 1.50. The number of phenols is 1. The lowest BCUT2D eigenvalue weighted by Gasteiger charge is -2.42. The van der Waals surface area contributed by atoms with Crippen LogP contribution in [0.3, 0.4) is 0 Å². The number of likely N-dealkylation sites (tertiary alicyclic amines) is 1. The number of imide groups is 1. The van der Waals surface area contributed by atoms with Gasteiger partial charge in [0.1, 0.15) is 5.75 Å². The van der Waals surface area contributed by atoms with E-state index in [1.54, 1.807) is 13.0 Å². The smallest absolute Gasteiger partial charge is 0.303 e. The van der Waals surface area contributed by atoms with Crippen molar-refractivity contribution in [2.24, 2.45) is 17.8 Å². The lowest BCUT2D eigenvalue weighted by atomic mass is 9.59. The summed E-state index contributed by atoms with van der Waals surface area (Å²) in [7, 11) is 0. The summed E-state index contributed by atoms with van der Waals surface area (Å²) in [5, 5.41) is 19.0. The van der Waals surface area contributed by atoms with Gasteiger partial charge in [-0.2, -0.15) is 0 Å². The second kappa shape index (κ2) is 9.98. The number of nitrogens with zero attached hydrogens (tertiary/aromatic N) is 1. The first kappa shape index (κ1) is 26.1. The van der Waals surface area contributed by atoms with Crippen molar-refractivity contribution >= 4 is 41.0 Å². The Morgan fingerprint density at radius 1 is 1.08 bits per heavy atom. The minimum absolute atomic E-state index is 0.0321. The number of hydrogen-bond acceptors (Lipinski definition) is 6. The van der Waals surface area contributed by atoms with Gasteiger partial charge < -0.3 is 10.2 Å². The maximum atomic E-state index is 13.6. The molecule has 0 saturated carbocycles. The van der Waals surface area contributed by atoms with Crippen LogP contribution in [-0.4, -0.2) is 51.0 Å². The van der Waals surface area contributed by atoms with Crippen LogP contribution in [0.5, 0.6) is 5.75 Å². The van der Waals surface area contributed by atoms with Crippen LogP contribution in [0, 0.1) is 17.8 Å². The number of hydrogen-bond donors (Lipinski definition) is 2. The third-order valence-electron chi connectivity index (χ3n) is 8.22. The first-order chi connectivity index (χ1) is 18.1. The Morgan fingerprint density at radius 3 is 2.55 bits per heavy atom. The maximum Gasteiger partial charge on any atom is 0.303 e. The minimum atomic E-state index is -0.877. The number of aliphatic carboxylic acids is 1. The van der Waals surface area contributed by atoms with E-state index in [0.29, 0.717) is 48.0 Å². The van der Waals surface area contributed by atoms with Crippen LogP contribution >= 0.6 is 11.6 Å². The number of unbranched alkanes of at least 4 members (excludes halogenated alkanes) is 2. The Kier molecular flexibility index (Phi) is 6.86. The van der Waals surface area contributed by atoms with Crippen molar-refractivity contribution < 1.29 is 34.2 Å². The predicted octanol–water partition coefficient (Wildman–Crippen LogP) is 4.12. The number of aromatic hydroxyl groups is 1. The fourth-order valence-electron chi connectivity index (χ4n) is 6.50. The number of benzene rings is 1. The van der Waals surface area contributed by atoms with E-state index in [1.807, 2.05) is 6.08 Å². The largest absolute Gasteiger partial charge is 0.508 e. The molecule has 2 amide bonds. The van der Waals surface area contributed by atoms with E-state index in [1.165, 1.54) is 23.1 Å². The monoisotopic (exact) mass is 537 g/mol. The highest BCUT2D eigenvalue weighted by Crippen LogP contribution is 2.55. The fourth-order valence-corrected chi connectivity index (χ4v) is 6.78. The summed E-state index contributed by atoms with van der Waals surface area (Å²) in [6.07, 6.45) is 5.42. The molecule has 38 heavy (non-hydrogen) atoms. The Labute approximate surface area is 224 Å². The number of fused-ring (bicyclic) bond motifs is 3.